The third-order valence-corrected chi connectivity index (χ3v) is 10.6. The maximum atomic E-state index is 14.5. The highest BCUT2D eigenvalue weighted by Gasteiger charge is 2.61. The second-order valence-corrected chi connectivity index (χ2v) is 15.0. The topological polar surface area (TPSA) is 110 Å². The summed E-state index contributed by atoms with van der Waals surface area (Å²) in [6, 6.07) is 9.02. The molecule has 0 unspecified atom stereocenters. The molecule has 8 nitrogen and oxygen atoms in total. The Kier molecular flexibility index (Phi) is 8.83. The van der Waals surface area contributed by atoms with Crippen molar-refractivity contribution in [3.05, 3.63) is 64.8 Å². The minimum atomic E-state index is -1.09. The average Bonchev–Trinajstić information content (AvgIpc) is 3.30. The van der Waals surface area contributed by atoms with Crippen LogP contribution in [0.1, 0.15) is 82.8 Å². The Morgan fingerprint density at radius 1 is 1.16 bits per heavy atom. The number of aromatic nitrogens is 2. The smallest absolute Gasteiger partial charge is 0.310 e. The Morgan fingerprint density at radius 2 is 1.98 bits per heavy atom. The molecular weight excluding hydrogens is 586 g/mol. The summed E-state index contributed by atoms with van der Waals surface area (Å²) in [6.45, 7) is 6.66. The summed E-state index contributed by atoms with van der Waals surface area (Å²) >= 11 is 1.59. The molecule has 0 bridgehead atoms. The first kappa shape index (κ1) is 31.4. The van der Waals surface area contributed by atoms with Gasteiger partial charge in [-0.25, -0.2) is 9.97 Å². The van der Waals surface area contributed by atoms with E-state index in [4.69, 9.17) is 9.72 Å². The lowest BCUT2D eigenvalue weighted by molar-refractivity contribution is -0.147. The maximum Gasteiger partial charge on any atom is 0.310 e. The van der Waals surface area contributed by atoms with Gasteiger partial charge >= 0.3 is 5.97 Å². The van der Waals surface area contributed by atoms with Gasteiger partial charge in [0.15, 0.2) is 5.78 Å². The summed E-state index contributed by atoms with van der Waals surface area (Å²) < 4.78 is 6.44. The third-order valence-electron chi connectivity index (χ3n) is 9.76. The van der Waals surface area contributed by atoms with Crippen molar-refractivity contribution in [3.8, 4) is 5.88 Å². The number of carboxylic acids is 1. The van der Waals surface area contributed by atoms with E-state index >= 15 is 0 Å². The van der Waals surface area contributed by atoms with E-state index in [1.807, 2.05) is 36.4 Å². The fraction of sp³-hybridized carbons (Fsp3) is 0.528. The molecule has 2 aliphatic heterocycles. The van der Waals surface area contributed by atoms with Gasteiger partial charge in [0.1, 0.15) is 6.10 Å². The van der Waals surface area contributed by atoms with E-state index in [9.17, 15) is 19.5 Å². The zero-order valence-corrected chi connectivity index (χ0v) is 27.2. The molecule has 1 aromatic carbocycles. The highest BCUT2D eigenvalue weighted by molar-refractivity contribution is 7.09. The van der Waals surface area contributed by atoms with Gasteiger partial charge in [-0.05, 0) is 49.1 Å². The molecule has 2 aromatic heterocycles. The number of Topliss-reactive ketones (excluding diaryl/α,β-unsaturated/α-hetero) is 1. The van der Waals surface area contributed by atoms with Crippen LogP contribution in [-0.4, -0.2) is 56.3 Å². The summed E-state index contributed by atoms with van der Waals surface area (Å²) in [4.78, 5) is 52.1. The number of hydrogen-bond acceptors (Lipinski definition) is 7. The van der Waals surface area contributed by atoms with Gasteiger partial charge in [0, 0.05) is 47.6 Å². The molecule has 4 heterocycles. The molecule has 0 spiro atoms. The largest absolute Gasteiger partial charge is 0.481 e. The average molecular weight is 630 g/mol. The number of allylic oxidation sites excluding steroid dienone is 2. The number of amides is 1. The molecule has 1 amide bonds. The van der Waals surface area contributed by atoms with Crippen molar-refractivity contribution in [2.24, 2.45) is 17.3 Å². The van der Waals surface area contributed by atoms with Crippen LogP contribution in [0.2, 0.25) is 0 Å². The van der Waals surface area contributed by atoms with Crippen molar-refractivity contribution in [2.45, 2.75) is 96.1 Å². The molecule has 6 rings (SSSR count). The first-order chi connectivity index (χ1) is 21.5. The van der Waals surface area contributed by atoms with Crippen LogP contribution in [0, 0.1) is 17.3 Å². The number of ether oxygens (including phenoxy) is 1. The molecule has 2 fully saturated rings. The Morgan fingerprint density at radius 3 is 2.76 bits per heavy atom. The van der Waals surface area contributed by atoms with Crippen molar-refractivity contribution in [2.75, 3.05) is 6.54 Å². The predicted molar refractivity (Wildman–Crippen MR) is 174 cm³/mol. The quantitative estimate of drug-likeness (QED) is 0.310. The fourth-order valence-corrected chi connectivity index (χ4v) is 8.01. The normalized spacial score (nSPS) is 28.6. The Bertz CT molecular complexity index is 1600. The Hall–Kier alpha value is -3.59. The Labute approximate surface area is 268 Å². The fourth-order valence-electron chi connectivity index (χ4n) is 6.91. The van der Waals surface area contributed by atoms with Gasteiger partial charge in [0.05, 0.1) is 28.7 Å². The summed E-state index contributed by atoms with van der Waals surface area (Å²) in [5.41, 5.74) is -0.161. The van der Waals surface area contributed by atoms with Crippen molar-refractivity contribution in [1.82, 2.24) is 14.9 Å². The van der Waals surface area contributed by atoms with Crippen LogP contribution in [0.15, 0.2) is 54.1 Å². The summed E-state index contributed by atoms with van der Waals surface area (Å²) in [6.07, 6.45) is 11.0. The van der Waals surface area contributed by atoms with E-state index in [1.54, 1.807) is 22.4 Å². The van der Waals surface area contributed by atoms with Crippen LogP contribution in [-0.2, 0) is 26.2 Å². The van der Waals surface area contributed by atoms with Crippen LogP contribution in [0.5, 0.6) is 5.88 Å². The number of carbonyl (C=O) groups excluding carboxylic acids is 2. The molecule has 3 aliphatic rings. The molecule has 45 heavy (non-hydrogen) atoms. The summed E-state index contributed by atoms with van der Waals surface area (Å²) in [5, 5.41) is 15.1. The summed E-state index contributed by atoms with van der Waals surface area (Å²) in [5.74, 6) is -1.20. The first-order valence-electron chi connectivity index (χ1n) is 16.2. The van der Waals surface area contributed by atoms with E-state index in [1.165, 1.54) is 0 Å². The van der Waals surface area contributed by atoms with Gasteiger partial charge in [0.2, 0.25) is 11.8 Å². The minimum absolute atomic E-state index is 0.0671. The van der Waals surface area contributed by atoms with Gasteiger partial charge < -0.3 is 14.7 Å². The zero-order valence-electron chi connectivity index (χ0n) is 26.4. The van der Waals surface area contributed by atoms with Crippen molar-refractivity contribution in [3.63, 3.8) is 0 Å². The highest BCUT2D eigenvalue weighted by atomic mass is 32.1. The summed E-state index contributed by atoms with van der Waals surface area (Å²) in [7, 11) is 0. The number of carboxylic acid groups (broad SMARTS) is 1. The molecule has 1 saturated heterocycles. The van der Waals surface area contributed by atoms with Crippen molar-refractivity contribution >= 4 is 39.8 Å². The van der Waals surface area contributed by atoms with Gasteiger partial charge in [-0.1, -0.05) is 64.0 Å². The molecule has 0 radical (unpaired) electrons. The van der Waals surface area contributed by atoms with Crippen LogP contribution in [0.25, 0.3) is 10.8 Å². The molecule has 3 aromatic rings. The van der Waals surface area contributed by atoms with Gasteiger partial charge in [0.25, 0.3) is 0 Å². The number of hydrogen-bond donors (Lipinski definition) is 1. The third kappa shape index (κ3) is 6.69. The number of ketones is 1. The monoisotopic (exact) mass is 629 g/mol. The number of fused-ring (bicyclic) bond motifs is 3. The van der Waals surface area contributed by atoms with E-state index < -0.39 is 23.5 Å². The van der Waals surface area contributed by atoms with E-state index in [0.29, 0.717) is 31.6 Å². The van der Waals surface area contributed by atoms with Crippen LogP contribution >= 0.6 is 11.3 Å². The molecule has 9 heteroatoms. The van der Waals surface area contributed by atoms with Crippen LogP contribution in [0.4, 0.5) is 0 Å². The molecule has 5 atom stereocenters. The van der Waals surface area contributed by atoms with Gasteiger partial charge in [-0.3, -0.25) is 14.4 Å². The van der Waals surface area contributed by atoms with Crippen molar-refractivity contribution in [1.29, 1.82) is 0 Å². The lowest BCUT2D eigenvalue weighted by Crippen LogP contribution is -2.45. The predicted octanol–water partition coefficient (Wildman–Crippen LogP) is 6.77. The number of rotatable bonds is 5. The molecule has 238 valence electrons. The lowest BCUT2D eigenvalue weighted by Gasteiger charge is -2.28. The molecule has 1 aliphatic carbocycles. The first-order valence-corrected chi connectivity index (χ1v) is 17.1. The maximum absolute atomic E-state index is 14.5. The Balaban J connectivity index is 1.30. The van der Waals surface area contributed by atoms with Gasteiger partial charge in [-0.2, -0.15) is 0 Å². The minimum Gasteiger partial charge on any atom is -0.481 e. The van der Waals surface area contributed by atoms with E-state index in [2.05, 4.69) is 37.2 Å². The van der Waals surface area contributed by atoms with E-state index in [-0.39, 0.29) is 41.9 Å². The van der Waals surface area contributed by atoms with E-state index in [0.717, 1.165) is 47.2 Å². The molecule has 1 N–H and O–H groups in total. The number of benzene rings is 1. The number of pyridine rings is 1. The second kappa shape index (κ2) is 12.7. The van der Waals surface area contributed by atoms with Crippen molar-refractivity contribution < 1.29 is 24.2 Å². The number of nitrogens with zero attached hydrogens (tertiary/aromatic N) is 3. The van der Waals surface area contributed by atoms with Gasteiger partial charge in [-0.15, -0.1) is 11.3 Å². The number of thiazole rings is 1. The number of carbonyl (C=O) groups is 3. The van der Waals surface area contributed by atoms with Crippen LogP contribution < -0.4 is 4.74 Å². The standard InChI is InChI=1S/C36H43N3O5S/c1-35(2,3)30-22-45-31(38-30)17-24-12-7-5-4-6-8-13-25-19-36(25,34(42)43)20-29(40)28-18-26(21-39(28)33(24)41)44-32-27-14-10-9-11-23(27)15-16-37-32/h8-11,13-16,22,24-26,28H,4-7,12,17-21H2,1-3H3,(H,42,43)/b13-8-/t24-,25+,26-,28+,36-/m1/s1. The zero-order chi connectivity index (χ0) is 31.8. The highest BCUT2D eigenvalue weighted by Crippen LogP contribution is 2.57. The SMILES string of the molecule is CC(C)(C)c1csc(C[C@H]2CCCCC/C=C\[C@H]3C[C@@]3(C(=O)O)CC(=O)[C@@H]3C[C@@H](Oc4nccc5ccccc45)CN3C2=O)n1. The number of aliphatic carboxylic acids is 1. The van der Waals surface area contributed by atoms with Crippen LogP contribution in [0.3, 0.4) is 0 Å². The lowest BCUT2D eigenvalue weighted by atomic mass is 9.91. The molecule has 1 saturated carbocycles. The second-order valence-electron chi connectivity index (χ2n) is 14.1. The molecular formula is C36H43N3O5S.